The Bertz CT molecular complexity index is 991. The van der Waals surface area contributed by atoms with Crippen LogP contribution in [0.25, 0.3) is 22.2 Å². The molecule has 3 rings (SSSR count). The molecule has 136 valence electrons. The van der Waals surface area contributed by atoms with E-state index in [1.165, 1.54) is 6.92 Å². The summed E-state index contributed by atoms with van der Waals surface area (Å²) in [4.78, 5) is 23.5. The Kier molecular flexibility index (Phi) is 4.43. The molecule has 0 radical (unpaired) electrons. The molecule has 8 heteroatoms. The van der Waals surface area contributed by atoms with Gasteiger partial charge in [-0.15, -0.1) is 0 Å². The number of aryl methyl sites for hydroxylation is 2. The summed E-state index contributed by atoms with van der Waals surface area (Å²) in [6, 6.07) is 3.39. The van der Waals surface area contributed by atoms with Gasteiger partial charge in [-0.2, -0.15) is 8.78 Å². The summed E-state index contributed by atoms with van der Waals surface area (Å²) in [5.74, 6) is -3.49. The predicted molar refractivity (Wildman–Crippen MR) is 95.0 cm³/mol. The third-order valence-electron chi connectivity index (χ3n) is 3.94. The number of carbonyl (C=O) groups excluding carboxylic acids is 1. The first-order valence-corrected chi connectivity index (χ1v) is 8.20. The summed E-state index contributed by atoms with van der Waals surface area (Å²) in [6.45, 7) is 6.48. The summed E-state index contributed by atoms with van der Waals surface area (Å²) in [6.07, 6.45) is 3.50. The SMILES string of the molecule is CCn1cc(-c2cc(C)nc(C(C)(F)F)n2)c2cc(NC(C)=O)ncc21. The van der Waals surface area contributed by atoms with Crippen molar-refractivity contribution in [3.63, 3.8) is 0 Å². The molecular formula is C18H19F2N5O. The van der Waals surface area contributed by atoms with E-state index in [1.54, 1.807) is 25.3 Å². The molecule has 3 aromatic heterocycles. The van der Waals surface area contributed by atoms with Crippen molar-refractivity contribution < 1.29 is 13.6 Å². The number of hydrogen-bond acceptors (Lipinski definition) is 4. The Balaban J connectivity index is 2.24. The van der Waals surface area contributed by atoms with Gasteiger partial charge in [0.1, 0.15) is 5.82 Å². The van der Waals surface area contributed by atoms with E-state index in [2.05, 4.69) is 20.3 Å². The number of rotatable bonds is 4. The number of pyridine rings is 1. The topological polar surface area (TPSA) is 72.7 Å². The zero-order chi connectivity index (χ0) is 19.1. The quantitative estimate of drug-likeness (QED) is 0.767. The smallest absolute Gasteiger partial charge is 0.303 e. The maximum Gasteiger partial charge on any atom is 0.303 e. The first-order valence-electron chi connectivity index (χ1n) is 8.20. The second-order valence-electron chi connectivity index (χ2n) is 6.20. The molecule has 3 heterocycles. The van der Waals surface area contributed by atoms with Crippen LogP contribution in [0.3, 0.4) is 0 Å². The number of aromatic nitrogens is 4. The number of nitrogens with zero attached hydrogens (tertiary/aromatic N) is 4. The van der Waals surface area contributed by atoms with Crippen molar-refractivity contribution in [3.05, 3.63) is 36.0 Å². The molecule has 0 fully saturated rings. The van der Waals surface area contributed by atoms with Crippen molar-refractivity contribution in [3.8, 4) is 11.3 Å². The lowest BCUT2D eigenvalue weighted by Gasteiger charge is -2.11. The number of nitrogens with one attached hydrogen (secondary N) is 1. The molecule has 0 bridgehead atoms. The fourth-order valence-corrected chi connectivity index (χ4v) is 2.80. The van der Waals surface area contributed by atoms with Gasteiger partial charge in [0.2, 0.25) is 5.91 Å². The first-order chi connectivity index (χ1) is 12.2. The second kappa shape index (κ2) is 6.44. The molecule has 0 saturated carbocycles. The van der Waals surface area contributed by atoms with Crippen LogP contribution < -0.4 is 5.32 Å². The molecule has 0 spiro atoms. The highest BCUT2D eigenvalue weighted by Crippen LogP contribution is 2.33. The first kappa shape index (κ1) is 17.9. The van der Waals surface area contributed by atoms with Gasteiger partial charge in [0, 0.05) is 43.2 Å². The summed E-state index contributed by atoms with van der Waals surface area (Å²) in [7, 11) is 0. The van der Waals surface area contributed by atoms with Gasteiger partial charge >= 0.3 is 5.92 Å². The molecule has 0 unspecified atom stereocenters. The van der Waals surface area contributed by atoms with Crippen molar-refractivity contribution in [2.45, 2.75) is 40.2 Å². The fraction of sp³-hybridized carbons (Fsp3) is 0.333. The second-order valence-corrected chi connectivity index (χ2v) is 6.20. The van der Waals surface area contributed by atoms with Gasteiger partial charge < -0.3 is 9.88 Å². The van der Waals surface area contributed by atoms with Crippen LogP contribution >= 0.6 is 0 Å². The summed E-state index contributed by atoms with van der Waals surface area (Å²) in [5.41, 5.74) is 2.38. The normalized spacial score (nSPS) is 11.8. The van der Waals surface area contributed by atoms with Crippen molar-refractivity contribution >= 4 is 22.6 Å². The average molecular weight is 359 g/mol. The Hall–Kier alpha value is -2.90. The van der Waals surface area contributed by atoms with E-state index in [0.29, 0.717) is 29.3 Å². The van der Waals surface area contributed by atoms with E-state index in [4.69, 9.17) is 0 Å². The highest BCUT2D eigenvalue weighted by molar-refractivity contribution is 5.98. The molecule has 6 nitrogen and oxygen atoms in total. The number of fused-ring (bicyclic) bond motifs is 1. The Morgan fingerprint density at radius 2 is 2.04 bits per heavy atom. The summed E-state index contributed by atoms with van der Waals surface area (Å²) in [5, 5.41) is 3.41. The Labute approximate surface area is 149 Å². The lowest BCUT2D eigenvalue weighted by atomic mass is 10.1. The molecule has 0 aliphatic carbocycles. The maximum atomic E-state index is 13.7. The molecule has 0 aliphatic heterocycles. The van der Waals surface area contributed by atoms with Gasteiger partial charge in [0.25, 0.3) is 0 Å². The van der Waals surface area contributed by atoms with E-state index in [-0.39, 0.29) is 5.91 Å². The number of amides is 1. The van der Waals surface area contributed by atoms with Gasteiger partial charge in [0.15, 0.2) is 5.82 Å². The monoisotopic (exact) mass is 359 g/mol. The average Bonchev–Trinajstić information content (AvgIpc) is 2.91. The highest BCUT2D eigenvalue weighted by atomic mass is 19.3. The summed E-state index contributed by atoms with van der Waals surface area (Å²) >= 11 is 0. The molecule has 3 aromatic rings. The minimum atomic E-state index is -3.13. The van der Waals surface area contributed by atoms with Gasteiger partial charge in [-0.3, -0.25) is 4.79 Å². The number of halogens is 2. The number of anilines is 1. The molecular weight excluding hydrogens is 340 g/mol. The van der Waals surface area contributed by atoms with Crippen molar-refractivity contribution in [1.29, 1.82) is 0 Å². The van der Waals surface area contributed by atoms with Crippen LogP contribution in [0.2, 0.25) is 0 Å². The molecule has 0 atom stereocenters. The number of hydrogen-bond donors (Lipinski definition) is 1. The standard InChI is InChI=1S/C18H19F2N5O/c1-5-25-9-13(12-7-16(23-11(3)26)21-8-15(12)25)14-6-10(2)22-17(24-14)18(4,19)20/h6-9H,5H2,1-4H3,(H,21,23,26). The lowest BCUT2D eigenvalue weighted by Crippen LogP contribution is -2.13. The van der Waals surface area contributed by atoms with Crippen LogP contribution in [0.15, 0.2) is 24.5 Å². The van der Waals surface area contributed by atoms with Crippen LogP contribution in [0.1, 0.15) is 32.3 Å². The molecule has 1 N–H and O–H groups in total. The van der Waals surface area contributed by atoms with Crippen LogP contribution in [0.4, 0.5) is 14.6 Å². The van der Waals surface area contributed by atoms with Gasteiger partial charge in [-0.05, 0) is 26.0 Å². The molecule has 0 aromatic carbocycles. The minimum Gasteiger partial charge on any atom is -0.346 e. The lowest BCUT2D eigenvalue weighted by molar-refractivity contribution is -0.114. The van der Waals surface area contributed by atoms with Crippen molar-refractivity contribution in [2.75, 3.05) is 5.32 Å². The summed E-state index contributed by atoms with van der Waals surface area (Å²) < 4.78 is 29.4. The third kappa shape index (κ3) is 3.40. The Morgan fingerprint density at radius 1 is 1.31 bits per heavy atom. The van der Waals surface area contributed by atoms with Crippen LogP contribution in [-0.2, 0) is 17.3 Å². The molecule has 0 aliphatic rings. The van der Waals surface area contributed by atoms with E-state index in [1.807, 2.05) is 17.7 Å². The van der Waals surface area contributed by atoms with E-state index < -0.39 is 11.7 Å². The van der Waals surface area contributed by atoms with Crippen LogP contribution in [-0.4, -0.2) is 25.4 Å². The van der Waals surface area contributed by atoms with Crippen LogP contribution in [0.5, 0.6) is 0 Å². The molecule has 26 heavy (non-hydrogen) atoms. The number of carbonyl (C=O) groups is 1. The highest BCUT2D eigenvalue weighted by Gasteiger charge is 2.29. The van der Waals surface area contributed by atoms with Gasteiger partial charge in [-0.25, -0.2) is 15.0 Å². The zero-order valence-electron chi connectivity index (χ0n) is 15.0. The Morgan fingerprint density at radius 3 is 2.65 bits per heavy atom. The van der Waals surface area contributed by atoms with Crippen molar-refractivity contribution in [2.24, 2.45) is 0 Å². The van der Waals surface area contributed by atoms with E-state index in [0.717, 1.165) is 17.8 Å². The molecule has 0 saturated heterocycles. The largest absolute Gasteiger partial charge is 0.346 e. The van der Waals surface area contributed by atoms with E-state index in [9.17, 15) is 13.6 Å². The maximum absolute atomic E-state index is 13.7. The number of alkyl halides is 2. The van der Waals surface area contributed by atoms with E-state index >= 15 is 0 Å². The van der Waals surface area contributed by atoms with Crippen LogP contribution in [0, 0.1) is 6.92 Å². The predicted octanol–water partition coefficient (Wildman–Crippen LogP) is 3.89. The fourth-order valence-electron chi connectivity index (χ4n) is 2.80. The molecule has 1 amide bonds. The van der Waals surface area contributed by atoms with Gasteiger partial charge in [0.05, 0.1) is 17.4 Å². The minimum absolute atomic E-state index is 0.237. The van der Waals surface area contributed by atoms with Gasteiger partial charge in [-0.1, -0.05) is 0 Å². The third-order valence-corrected chi connectivity index (χ3v) is 3.94. The van der Waals surface area contributed by atoms with Crippen molar-refractivity contribution in [1.82, 2.24) is 19.5 Å². The zero-order valence-corrected chi connectivity index (χ0v) is 15.0.